The van der Waals surface area contributed by atoms with Crippen molar-refractivity contribution < 1.29 is 18.0 Å². The van der Waals surface area contributed by atoms with Crippen molar-refractivity contribution in [3.8, 4) is 11.1 Å². The number of aromatic nitrogens is 4. The van der Waals surface area contributed by atoms with Crippen LogP contribution in [0.5, 0.6) is 0 Å². The highest BCUT2D eigenvalue weighted by Crippen LogP contribution is 2.37. The number of carbonyl (C=O) groups excluding carboxylic acids is 1. The van der Waals surface area contributed by atoms with Gasteiger partial charge in [0.15, 0.2) is 11.3 Å². The molecular weight excluding hydrogens is 408 g/mol. The Kier molecular flexibility index (Phi) is 4.83. The van der Waals surface area contributed by atoms with Crippen LogP contribution in [0.15, 0.2) is 24.7 Å². The number of fused-ring (bicyclic) bond motifs is 1. The third-order valence-electron chi connectivity index (χ3n) is 4.20. The third-order valence-corrected chi connectivity index (χ3v) is 4.56. The summed E-state index contributed by atoms with van der Waals surface area (Å²) in [5.74, 6) is -0.543. The fourth-order valence-corrected chi connectivity index (χ4v) is 3.11. The number of H-pyrrole nitrogens is 1. The molecule has 0 radical (unpaired) electrons. The first kappa shape index (κ1) is 19.5. The number of hydrogen-bond donors (Lipinski definition) is 2. The average molecular weight is 421 g/mol. The second-order valence-electron chi connectivity index (χ2n) is 6.04. The van der Waals surface area contributed by atoms with Crippen LogP contribution in [0.4, 0.5) is 13.2 Å². The predicted octanol–water partition coefficient (Wildman–Crippen LogP) is 2.60. The molecule has 1 aliphatic rings. The number of nitrogens with zero attached hydrogens (tertiary/aromatic N) is 4. The maximum absolute atomic E-state index is 13.5. The Morgan fingerprint density at radius 3 is 2.59 bits per heavy atom. The quantitative estimate of drug-likeness (QED) is 0.666. The zero-order chi connectivity index (χ0) is 18.6. The van der Waals surface area contributed by atoms with Crippen molar-refractivity contribution in [1.29, 1.82) is 0 Å². The van der Waals surface area contributed by atoms with Gasteiger partial charge in [-0.05, 0) is 6.07 Å². The minimum atomic E-state index is -4.67. The number of carbonyl (C=O) groups is 1. The molecule has 12 heteroatoms. The van der Waals surface area contributed by atoms with E-state index in [1.54, 1.807) is 0 Å². The van der Waals surface area contributed by atoms with Gasteiger partial charge in [-0.3, -0.25) is 14.3 Å². The molecule has 0 aromatic carbocycles. The monoisotopic (exact) mass is 420 g/mol. The highest BCUT2D eigenvalue weighted by atomic mass is 35.5. The van der Waals surface area contributed by atoms with Crippen molar-refractivity contribution in [3.63, 3.8) is 0 Å². The van der Waals surface area contributed by atoms with Gasteiger partial charge in [-0.2, -0.15) is 18.3 Å². The summed E-state index contributed by atoms with van der Waals surface area (Å²) in [4.78, 5) is 17.7. The molecule has 1 fully saturated rings. The van der Waals surface area contributed by atoms with Crippen molar-refractivity contribution in [3.05, 3.63) is 41.1 Å². The lowest BCUT2D eigenvalue weighted by molar-refractivity contribution is -0.136. The summed E-state index contributed by atoms with van der Waals surface area (Å²) in [6.45, 7) is 0.630. The lowest BCUT2D eigenvalue weighted by atomic mass is 10.1. The normalized spacial score (nSPS) is 14.9. The Balaban J connectivity index is 0.00000210. The van der Waals surface area contributed by atoms with Crippen molar-refractivity contribution in [1.82, 2.24) is 24.5 Å². The molecule has 7 nitrogen and oxygen atoms in total. The molecule has 0 atom stereocenters. The number of likely N-dealkylation sites (tertiary alicyclic amines) is 1. The minimum Gasteiger partial charge on any atom is -0.334 e. The molecule has 4 heterocycles. The van der Waals surface area contributed by atoms with E-state index in [9.17, 15) is 18.0 Å². The van der Waals surface area contributed by atoms with E-state index < -0.39 is 23.3 Å². The van der Waals surface area contributed by atoms with Gasteiger partial charge in [-0.15, -0.1) is 12.4 Å². The molecule has 1 amide bonds. The fourth-order valence-electron chi connectivity index (χ4n) is 2.86. The maximum Gasteiger partial charge on any atom is 0.420 e. The van der Waals surface area contributed by atoms with Crippen LogP contribution in [0.25, 0.3) is 16.8 Å². The molecule has 4 rings (SSSR count). The Morgan fingerprint density at radius 2 is 2.04 bits per heavy atom. The standard InChI is InChI=1S/C15H12ClF3N6O.ClH/c16-12-11(14(26)24-5-9(20)6-24)23-13-10(15(17,18)19)1-7(4-25(12)13)8-2-21-22-3-8;/h1-4,9H,5-6,20H2,(H,21,22);1H. The fraction of sp³-hybridized carbons (Fsp3) is 0.267. The van der Waals surface area contributed by atoms with Crippen LogP contribution in [-0.2, 0) is 6.18 Å². The van der Waals surface area contributed by atoms with Gasteiger partial charge in [0, 0.05) is 42.7 Å². The summed E-state index contributed by atoms with van der Waals surface area (Å²) >= 11 is 6.20. The van der Waals surface area contributed by atoms with E-state index in [2.05, 4.69) is 15.2 Å². The lowest BCUT2D eigenvalue weighted by Gasteiger charge is -2.36. The number of amides is 1. The Morgan fingerprint density at radius 1 is 1.33 bits per heavy atom. The summed E-state index contributed by atoms with van der Waals surface area (Å²) in [6, 6.07) is 0.810. The van der Waals surface area contributed by atoms with Crippen LogP contribution in [0.3, 0.4) is 0 Å². The Bertz CT molecular complexity index is 995. The van der Waals surface area contributed by atoms with Gasteiger partial charge in [0.05, 0.1) is 11.8 Å². The average Bonchev–Trinajstić information content (AvgIpc) is 3.18. The molecule has 0 saturated carbocycles. The number of hydrogen-bond acceptors (Lipinski definition) is 4. The first-order valence-electron chi connectivity index (χ1n) is 7.58. The van der Waals surface area contributed by atoms with E-state index in [-0.39, 0.29) is 34.9 Å². The van der Waals surface area contributed by atoms with Crippen molar-refractivity contribution in [2.45, 2.75) is 12.2 Å². The molecule has 0 unspecified atom stereocenters. The smallest absolute Gasteiger partial charge is 0.334 e. The Hall–Kier alpha value is -2.30. The van der Waals surface area contributed by atoms with E-state index in [1.165, 1.54) is 23.5 Å². The van der Waals surface area contributed by atoms with E-state index in [0.717, 1.165) is 10.5 Å². The maximum atomic E-state index is 13.5. The molecule has 1 aliphatic heterocycles. The number of aromatic amines is 1. The van der Waals surface area contributed by atoms with Gasteiger partial charge in [0.25, 0.3) is 5.91 Å². The van der Waals surface area contributed by atoms with Crippen LogP contribution in [0, 0.1) is 0 Å². The molecule has 0 aliphatic carbocycles. The SMILES string of the molecule is Cl.NC1CN(C(=O)c2nc3c(C(F)(F)F)cc(-c4cn[nH]c4)cn3c2Cl)C1. The molecule has 0 bridgehead atoms. The number of nitrogens with two attached hydrogens (primary N) is 1. The van der Waals surface area contributed by atoms with Gasteiger partial charge >= 0.3 is 6.18 Å². The summed E-state index contributed by atoms with van der Waals surface area (Å²) in [6.07, 6.45) is -0.433. The van der Waals surface area contributed by atoms with Crippen LogP contribution >= 0.6 is 24.0 Å². The van der Waals surface area contributed by atoms with Gasteiger partial charge in [0.2, 0.25) is 0 Å². The highest BCUT2D eigenvalue weighted by molar-refractivity contribution is 6.33. The summed E-state index contributed by atoms with van der Waals surface area (Å²) in [5, 5.41) is 6.10. The van der Waals surface area contributed by atoms with Gasteiger partial charge in [-0.1, -0.05) is 11.6 Å². The first-order valence-corrected chi connectivity index (χ1v) is 7.96. The van der Waals surface area contributed by atoms with Crippen LogP contribution in [0.2, 0.25) is 5.15 Å². The zero-order valence-electron chi connectivity index (χ0n) is 13.5. The van der Waals surface area contributed by atoms with Crippen molar-refractivity contribution in [2.24, 2.45) is 5.73 Å². The lowest BCUT2D eigenvalue weighted by Crippen LogP contribution is -2.57. The van der Waals surface area contributed by atoms with Crippen LogP contribution in [-0.4, -0.2) is 49.5 Å². The number of rotatable bonds is 2. The van der Waals surface area contributed by atoms with E-state index in [1.807, 2.05) is 0 Å². The molecular formula is C15H13Cl2F3N6O. The van der Waals surface area contributed by atoms with Gasteiger partial charge < -0.3 is 10.6 Å². The number of pyridine rings is 1. The highest BCUT2D eigenvalue weighted by Gasteiger charge is 2.37. The molecule has 3 aromatic rings. The number of halogens is 5. The molecule has 27 heavy (non-hydrogen) atoms. The minimum absolute atomic E-state index is 0. The molecule has 1 saturated heterocycles. The van der Waals surface area contributed by atoms with Crippen LogP contribution < -0.4 is 5.73 Å². The van der Waals surface area contributed by atoms with Crippen LogP contribution in [0.1, 0.15) is 16.1 Å². The number of alkyl halides is 3. The topological polar surface area (TPSA) is 92.3 Å². The summed E-state index contributed by atoms with van der Waals surface area (Å²) in [5.41, 5.74) is 4.69. The summed E-state index contributed by atoms with van der Waals surface area (Å²) < 4.78 is 41.7. The van der Waals surface area contributed by atoms with Gasteiger partial charge in [-0.25, -0.2) is 4.98 Å². The predicted molar refractivity (Wildman–Crippen MR) is 93.9 cm³/mol. The first-order chi connectivity index (χ1) is 12.3. The summed E-state index contributed by atoms with van der Waals surface area (Å²) in [7, 11) is 0. The van der Waals surface area contributed by atoms with E-state index >= 15 is 0 Å². The second kappa shape index (κ2) is 6.70. The molecule has 3 N–H and O–H groups in total. The molecule has 144 valence electrons. The number of imidazole rings is 1. The zero-order valence-corrected chi connectivity index (χ0v) is 15.1. The third kappa shape index (κ3) is 3.24. The largest absolute Gasteiger partial charge is 0.420 e. The molecule has 3 aromatic heterocycles. The second-order valence-corrected chi connectivity index (χ2v) is 6.40. The molecule has 0 spiro atoms. The Labute approximate surface area is 161 Å². The van der Waals surface area contributed by atoms with E-state index in [4.69, 9.17) is 17.3 Å². The van der Waals surface area contributed by atoms with Crippen molar-refractivity contribution in [2.75, 3.05) is 13.1 Å². The van der Waals surface area contributed by atoms with Gasteiger partial charge in [0.1, 0.15) is 5.15 Å². The van der Waals surface area contributed by atoms with E-state index in [0.29, 0.717) is 18.7 Å². The van der Waals surface area contributed by atoms with Crippen molar-refractivity contribution >= 4 is 35.6 Å². The number of nitrogens with one attached hydrogen (secondary N) is 1.